The molecule has 196 valence electrons. The van der Waals surface area contributed by atoms with Crippen molar-refractivity contribution in [3.05, 3.63) is 0 Å². The maximum atomic E-state index is 12.9. The van der Waals surface area contributed by atoms with Crippen molar-refractivity contribution >= 4 is 29.7 Å². The summed E-state index contributed by atoms with van der Waals surface area (Å²) in [7, 11) is 0. The second-order valence-electron chi connectivity index (χ2n) is 7.96. The Morgan fingerprint density at radius 1 is 0.765 bits per heavy atom. The molecule has 0 aromatic rings. The lowest BCUT2D eigenvalue weighted by atomic mass is 10.0. The maximum absolute atomic E-state index is 12.9. The van der Waals surface area contributed by atoms with Gasteiger partial charge in [-0.05, 0) is 52.1 Å². The first kappa shape index (κ1) is 31.2. The molecule has 0 bridgehead atoms. The molecule has 0 aromatic carbocycles. The molecule has 0 aliphatic rings. The van der Waals surface area contributed by atoms with Gasteiger partial charge in [0.2, 0.25) is 17.7 Å². The van der Waals surface area contributed by atoms with E-state index in [0.29, 0.717) is 45.2 Å². The molecular weight excluding hydrogens is 452 g/mol. The number of nitrogens with two attached hydrogens (primary N) is 3. The monoisotopic (exact) mass is 490 g/mol. The molecule has 0 aromatic heterocycles. The van der Waals surface area contributed by atoms with Crippen molar-refractivity contribution in [3.8, 4) is 0 Å². The number of carboxylic acid groups (broad SMARTS) is 2. The van der Waals surface area contributed by atoms with Gasteiger partial charge in [0, 0.05) is 0 Å². The zero-order valence-electron chi connectivity index (χ0n) is 19.4. The SMILES string of the molecule is CC(O)C(NC(=O)C(CC(=O)O)NC(=O)C(CCCCN)NC(=O)C(N)CCCCN)C(=O)O. The van der Waals surface area contributed by atoms with Gasteiger partial charge in [0.05, 0.1) is 18.6 Å². The summed E-state index contributed by atoms with van der Waals surface area (Å²) in [5.74, 6) is -5.53. The van der Waals surface area contributed by atoms with Crippen LogP contribution < -0.4 is 33.2 Å². The van der Waals surface area contributed by atoms with Gasteiger partial charge in [0.25, 0.3) is 0 Å². The van der Waals surface area contributed by atoms with Crippen LogP contribution in [0.15, 0.2) is 0 Å². The molecule has 0 radical (unpaired) electrons. The van der Waals surface area contributed by atoms with E-state index >= 15 is 0 Å². The minimum atomic E-state index is -1.72. The maximum Gasteiger partial charge on any atom is 0.328 e. The molecule has 0 rings (SSSR count). The molecule has 0 saturated heterocycles. The fourth-order valence-electron chi connectivity index (χ4n) is 2.98. The first-order valence-electron chi connectivity index (χ1n) is 11.1. The van der Waals surface area contributed by atoms with Crippen LogP contribution in [-0.2, 0) is 24.0 Å². The Morgan fingerprint density at radius 2 is 1.26 bits per heavy atom. The van der Waals surface area contributed by atoms with Crippen molar-refractivity contribution in [2.45, 2.75) is 82.1 Å². The predicted octanol–water partition coefficient (Wildman–Crippen LogP) is -3.03. The first-order chi connectivity index (χ1) is 15.9. The van der Waals surface area contributed by atoms with Crippen LogP contribution in [0.2, 0.25) is 0 Å². The normalized spacial score (nSPS) is 15.3. The van der Waals surface area contributed by atoms with Gasteiger partial charge in [0.15, 0.2) is 6.04 Å². The van der Waals surface area contributed by atoms with Crippen molar-refractivity contribution in [1.29, 1.82) is 0 Å². The molecule has 0 saturated carbocycles. The predicted molar refractivity (Wildman–Crippen MR) is 121 cm³/mol. The molecule has 14 nitrogen and oxygen atoms in total. The number of amides is 3. The second kappa shape index (κ2) is 16.7. The Balaban J connectivity index is 5.44. The highest BCUT2D eigenvalue weighted by molar-refractivity contribution is 5.95. The number of aliphatic carboxylic acids is 2. The van der Waals surface area contributed by atoms with E-state index in [1.54, 1.807) is 0 Å². The zero-order valence-corrected chi connectivity index (χ0v) is 19.4. The van der Waals surface area contributed by atoms with Crippen molar-refractivity contribution in [2.24, 2.45) is 17.2 Å². The molecule has 3 amide bonds. The minimum absolute atomic E-state index is 0.150. The average Bonchev–Trinajstić information content (AvgIpc) is 2.75. The van der Waals surface area contributed by atoms with Crippen LogP contribution in [0, 0.1) is 0 Å². The van der Waals surface area contributed by atoms with Gasteiger partial charge in [0.1, 0.15) is 12.1 Å². The van der Waals surface area contributed by atoms with Gasteiger partial charge < -0.3 is 48.5 Å². The van der Waals surface area contributed by atoms with Crippen molar-refractivity contribution in [2.75, 3.05) is 13.1 Å². The highest BCUT2D eigenvalue weighted by Crippen LogP contribution is 2.06. The highest BCUT2D eigenvalue weighted by Gasteiger charge is 2.32. The number of hydrogen-bond donors (Lipinski definition) is 9. The van der Waals surface area contributed by atoms with E-state index in [1.807, 2.05) is 5.32 Å². The van der Waals surface area contributed by atoms with E-state index in [0.717, 1.165) is 6.92 Å². The van der Waals surface area contributed by atoms with Crippen molar-refractivity contribution in [1.82, 2.24) is 16.0 Å². The fourth-order valence-corrected chi connectivity index (χ4v) is 2.98. The zero-order chi connectivity index (χ0) is 26.3. The van der Waals surface area contributed by atoms with E-state index in [2.05, 4.69) is 10.6 Å². The third kappa shape index (κ3) is 12.4. The summed E-state index contributed by atoms with van der Waals surface area (Å²) < 4.78 is 0. The number of rotatable bonds is 18. The van der Waals surface area contributed by atoms with Crippen LogP contribution in [0.3, 0.4) is 0 Å². The van der Waals surface area contributed by atoms with Gasteiger partial charge in [-0.2, -0.15) is 0 Å². The van der Waals surface area contributed by atoms with Crippen LogP contribution >= 0.6 is 0 Å². The number of carbonyl (C=O) groups excluding carboxylic acids is 3. The lowest BCUT2D eigenvalue weighted by Gasteiger charge is -2.25. The van der Waals surface area contributed by atoms with Gasteiger partial charge in [-0.15, -0.1) is 0 Å². The van der Waals surface area contributed by atoms with Crippen LogP contribution in [0.5, 0.6) is 0 Å². The quantitative estimate of drug-likeness (QED) is 0.0872. The molecule has 0 spiro atoms. The molecule has 14 heteroatoms. The topological polar surface area (TPSA) is 260 Å². The number of nitrogens with one attached hydrogen (secondary N) is 3. The molecule has 0 fully saturated rings. The van der Waals surface area contributed by atoms with E-state index in [-0.39, 0.29) is 6.42 Å². The third-order valence-corrected chi connectivity index (χ3v) is 4.94. The summed E-state index contributed by atoms with van der Waals surface area (Å²) >= 11 is 0. The number of unbranched alkanes of at least 4 members (excludes halogenated alkanes) is 2. The molecule has 0 heterocycles. The number of aliphatic hydroxyl groups is 1. The molecule has 12 N–H and O–H groups in total. The summed E-state index contributed by atoms with van der Waals surface area (Å²) in [6.07, 6.45) is 0.461. The van der Waals surface area contributed by atoms with E-state index in [1.165, 1.54) is 0 Å². The number of hydrogen-bond acceptors (Lipinski definition) is 9. The number of carbonyl (C=O) groups is 5. The molecule has 5 atom stereocenters. The fraction of sp³-hybridized carbons (Fsp3) is 0.750. The summed E-state index contributed by atoms with van der Waals surface area (Å²) in [6.45, 7) is 1.92. The van der Waals surface area contributed by atoms with Crippen molar-refractivity contribution in [3.63, 3.8) is 0 Å². The van der Waals surface area contributed by atoms with E-state index < -0.39 is 66.4 Å². The van der Waals surface area contributed by atoms with Gasteiger partial charge in [-0.3, -0.25) is 19.2 Å². The number of aliphatic hydroxyl groups excluding tert-OH is 1. The van der Waals surface area contributed by atoms with Crippen molar-refractivity contribution < 1.29 is 39.3 Å². The Labute approximate surface area is 198 Å². The lowest BCUT2D eigenvalue weighted by molar-refractivity contribution is -0.146. The van der Waals surface area contributed by atoms with Gasteiger partial charge in [-0.25, -0.2) is 4.79 Å². The van der Waals surface area contributed by atoms with Gasteiger partial charge >= 0.3 is 11.9 Å². The van der Waals surface area contributed by atoms with E-state index in [9.17, 15) is 29.1 Å². The van der Waals surface area contributed by atoms with Crippen LogP contribution in [0.1, 0.15) is 51.9 Å². The minimum Gasteiger partial charge on any atom is -0.481 e. The Morgan fingerprint density at radius 3 is 1.74 bits per heavy atom. The average molecular weight is 491 g/mol. The Hall–Kier alpha value is -2.81. The standard InChI is InChI=1S/C20H38N6O8/c1-11(27)16(20(33)34)26-19(32)14(10-15(28)29)25-18(31)13(7-3-5-9-22)24-17(30)12(23)6-2-4-8-21/h11-14,16,27H,2-10,21-23H2,1H3,(H,24,30)(H,25,31)(H,26,32)(H,28,29)(H,33,34). The molecule has 34 heavy (non-hydrogen) atoms. The largest absolute Gasteiger partial charge is 0.481 e. The Kier molecular flexibility index (Phi) is 15.4. The Bertz CT molecular complexity index is 690. The smallest absolute Gasteiger partial charge is 0.328 e. The second-order valence-corrected chi connectivity index (χ2v) is 7.96. The van der Waals surface area contributed by atoms with Gasteiger partial charge in [-0.1, -0.05) is 6.42 Å². The lowest BCUT2D eigenvalue weighted by Crippen LogP contribution is -2.58. The van der Waals surface area contributed by atoms with Crippen LogP contribution in [-0.4, -0.2) is 88.3 Å². The number of carboxylic acids is 2. The molecule has 0 aliphatic heterocycles. The molecule has 5 unspecified atom stereocenters. The summed E-state index contributed by atoms with van der Waals surface area (Å²) in [6, 6.07) is -5.39. The summed E-state index contributed by atoms with van der Waals surface area (Å²) in [5.41, 5.74) is 16.8. The first-order valence-corrected chi connectivity index (χ1v) is 11.1. The highest BCUT2D eigenvalue weighted by atomic mass is 16.4. The summed E-state index contributed by atoms with van der Waals surface area (Å²) in [4.78, 5) is 60.2. The van der Waals surface area contributed by atoms with E-state index in [4.69, 9.17) is 27.4 Å². The molecular formula is C20H38N6O8. The third-order valence-electron chi connectivity index (χ3n) is 4.94. The molecule has 0 aliphatic carbocycles. The van der Waals surface area contributed by atoms with Crippen LogP contribution in [0.25, 0.3) is 0 Å². The van der Waals surface area contributed by atoms with Crippen LogP contribution in [0.4, 0.5) is 0 Å². The summed E-state index contributed by atoms with van der Waals surface area (Å²) in [5, 5.41) is 34.6.